The van der Waals surface area contributed by atoms with Crippen LogP contribution in [0.2, 0.25) is 0 Å². The number of rotatable bonds is 4. The standard InChI is InChI=1S/C15H21FN2O2/c1-10-4-3-5-14(11(10)2)17-9-12-8-13(16)6-7-15(12)18(19)20/h6-8,10-11,14,17H,3-5,9H2,1-2H3. The molecule has 3 unspecified atom stereocenters. The van der Waals surface area contributed by atoms with Crippen LogP contribution in [0, 0.1) is 27.8 Å². The number of halogens is 1. The summed E-state index contributed by atoms with van der Waals surface area (Å²) in [5.74, 6) is 0.762. The summed E-state index contributed by atoms with van der Waals surface area (Å²) >= 11 is 0. The van der Waals surface area contributed by atoms with E-state index in [2.05, 4.69) is 19.2 Å². The minimum absolute atomic E-state index is 0.0181. The van der Waals surface area contributed by atoms with Gasteiger partial charge in [0.1, 0.15) is 5.82 Å². The second-order valence-electron chi connectivity index (χ2n) is 5.78. The maximum Gasteiger partial charge on any atom is 0.274 e. The van der Waals surface area contributed by atoms with Crippen LogP contribution in [-0.4, -0.2) is 11.0 Å². The molecule has 1 saturated carbocycles. The zero-order valence-electron chi connectivity index (χ0n) is 11.9. The second kappa shape index (κ2) is 6.31. The molecule has 0 radical (unpaired) electrons. The van der Waals surface area contributed by atoms with Gasteiger partial charge in [-0.15, -0.1) is 0 Å². The van der Waals surface area contributed by atoms with Crippen LogP contribution in [0.3, 0.4) is 0 Å². The maximum atomic E-state index is 13.3. The average molecular weight is 280 g/mol. The van der Waals surface area contributed by atoms with E-state index in [1.54, 1.807) is 0 Å². The highest BCUT2D eigenvalue weighted by Crippen LogP contribution is 2.30. The second-order valence-corrected chi connectivity index (χ2v) is 5.78. The van der Waals surface area contributed by atoms with E-state index in [9.17, 15) is 14.5 Å². The fraction of sp³-hybridized carbons (Fsp3) is 0.600. The number of nitrogens with zero attached hydrogens (tertiary/aromatic N) is 1. The third-order valence-corrected chi connectivity index (χ3v) is 4.50. The van der Waals surface area contributed by atoms with Gasteiger partial charge in [-0.3, -0.25) is 10.1 Å². The Morgan fingerprint density at radius 3 is 2.85 bits per heavy atom. The molecule has 0 amide bonds. The highest BCUT2D eigenvalue weighted by atomic mass is 19.1. The zero-order valence-corrected chi connectivity index (χ0v) is 11.9. The smallest absolute Gasteiger partial charge is 0.274 e. The highest BCUT2D eigenvalue weighted by Gasteiger charge is 2.27. The molecular weight excluding hydrogens is 259 g/mol. The van der Waals surface area contributed by atoms with Crippen molar-refractivity contribution in [3.63, 3.8) is 0 Å². The van der Waals surface area contributed by atoms with Crippen molar-refractivity contribution in [1.29, 1.82) is 0 Å². The van der Waals surface area contributed by atoms with E-state index >= 15 is 0 Å². The van der Waals surface area contributed by atoms with E-state index in [1.165, 1.54) is 25.0 Å². The summed E-state index contributed by atoms with van der Waals surface area (Å²) in [6, 6.07) is 3.97. The van der Waals surface area contributed by atoms with Crippen molar-refractivity contribution >= 4 is 5.69 Å². The third kappa shape index (κ3) is 3.33. The number of hydrogen-bond acceptors (Lipinski definition) is 3. The summed E-state index contributed by atoms with van der Waals surface area (Å²) in [6.45, 7) is 4.79. The van der Waals surface area contributed by atoms with Crippen molar-refractivity contribution in [2.24, 2.45) is 11.8 Å². The fourth-order valence-electron chi connectivity index (χ4n) is 2.98. The first-order valence-electron chi connectivity index (χ1n) is 7.15. The van der Waals surface area contributed by atoms with Gasteiger partial charge in [0.05, 0.1) is 4.92 Å². The van der Waals surface area contributed by atoms with Gasteiger partial charge in [0, 0.05) is 24.2 Å². The van der Waals surface area contributed by atoms with Gasteiger partial charge in [-0.1, -0.05) is 26.7 Å². The van der Waals surface area contributed by atoms with Gasteiger partial charge >= 0.3 is 0 Å². The van der Waals surface area contributed by atoms with Gasteiger partial charge < -0.3 is 5.32 Å². The van der Waals surface area contributed by atoms with Crippen molar-refractivity contribution in [1.82, 2.24) is 5.32 Å². The molecule has 2 rings (SSSR count). The van der Waals surface area contributed by atoms with Crippen LogP contribution in [0.5, 0.6) is 0 Å². The molecule has 3 atom stereocenters. The molecule has 20 heavy (non-hydrogen) atoms. The molecule has 1 aromatic rings. The molecule has 0 saturated heterocycles. The van der Waals surface area contributed by atoms with Crippen molar-refractivity contribution in [2.45, 2.75) is 45.7 Å². The molecular formula is C15H21FN2O2. The minimum atomic E-state index is -0.455. The van der Waals surface area contributed by atoms with Gasteiger partial charge in [-0.05, 0) is 30.4 Å². The van der Waals surface area contributed by atoms with Crippen molar-refractivity contribution in [3.8, 4) is 0 Å². The lowest BCUT2D eigenvalue weighted by Gasteiger charge is -2.34. The number of nitro groups is 1. The molecule has 1 N–H and O–H groups in total. The van der Waals surface area contributed by atoms with Crippen molar-refractivity contribution < 1.29 is 9.31 Å². The van der Waals surface area contributed by atoms with E-state index in [0.717, 1.165) is 12.5 Å². The predicted molar refractivity (Wildman–Crippen MR) is 75.9 cm³/mol. The Balaban J connectivity index is 2.06. The zero-order chi connectivity index (χ0) is 14.7. The lowest BCUT2D eigenvalue weighted by molar-refractivity contribution is -0.385. The van der Waals surface area contributed by atoms with Gasteiger partial charge in [-0.25, -0.2) is 4.39 Å². The monoisotopic (exact) mass is 280 g/mol. The van der Waals surface area contributed by atoms with Gasteiger partial charge in [0.15, 0.2) is 0 Å². The summed E-state index contributed by atoms with van der Waals surface area (Å²) in [7, 11) is 0. The first kappa shape index (κ1) is 14.9. The van der Waals surface area contributed by atoms with Crippen molar-refractivity contribution in [3.05, 3.63) is 39.7 Å². The summed E-state index contributed by atoms with van der Waals surface area (Å²) < 4.78 is 13.3. The summed E-state index contributed by atoms with van der Waals surface area (Å²) in [6.07, 6.45) is 3.49. The lowest BCUT2D eigenvalue weighted by Crippen LogP contribution is -2.40. The minimum Gasteiger partial charge on any atom is -0.309 e. The molecule has 0 aromatic heterocycles. The Hall–Kier alpha value is -1.49. The van der Waals surface area contributed by atoms with E-state index in [0.29, 0.717) is 30.0 Å². The van der Waals surface area contributed by atoms with Gasteiger partial charge in [0.2, 0.25) is 0 Å². The third-order valence-electron chi connectivity index (χ3n) is 4.50. The predicted octanol–water partition coefficient (Wildman–Crippen LogP) is 3.65. The topological polar surface area (TPSA) is 55.2 Å². The van der Waals surface area contributed by atoms with Crippen LogP contribution < -0.4 is 5.32 Å². The molecule has 4 nitrogen and oxygen atoms in total. The van der Waals surface area contributed by atoms with E-state index in [4.69, 9.17) is 0 Å². The van der Waals surface area contributed by atoms with E-state index < -0.39 is 10.7 Å². The average Bonchev–Trinajstić information content (AvgIpc) is 2.40. The number of hydrogen-bond donors (Lipinski definition) is 1. The van der Waals surface area contributed by atoms with Gasteiger partial charge in [-0.2, -0.15) is 0 Å². The van der Waals surface area contributed by atoms with Crippen LogP contribution in [-0.2, 0) is 6.54 Å². The SMILES string of the molecule is CC1CCCC(NCc2cc(F)ccc2[N+](=O)[O-])C1C. The number of nitrogens with one attached hydrogen (secondary N) is 1. The first-order chi connectivity index (χ1) is 9.49. The largest absolute Gasteiger partial charge is 0.309 e. The summed E-state index contributed by atoms with van der Waals surface area (Å²) in [5.41, 5.74) is 0.399. The summed E-state index contributed by atoms with van der Waals surface area (Å²) in [4.78, 5) is 10.5. The molecule has 1 aliphatic rings. The lowest BCUT2D eigenvalue weighted by atomic mass is 9.78. The van der Waals surface area contributed by atoms with Crippen LogP contribution in [0.1, 0.15) is 38.7 Å². The van der Waals surface area contributed by atoms with E-state index in [-0.39, 0.29) is 5.69 Å². The molecule has 0 heterocycles. The van der Waals surface area contributed by atoms with Crippen LogP contribution >= 0.6 is 0 Å². The molecule has 110 valence electrons. The Labute approximate surface area is 118 Å². The molecule has 0 aliphatic heterocycles. The molecule has 0 bridgehead atoms. The van der Waals surface area contributed by atoms with Crippen LogP contribution in [0.25, 0.3) is 0 Å². The molecule has 5 heteroatoms. The summed E-state index contributed by atoms with van der Waals surface area (Å²) in [5, 5.41) is 14.3. The molecule has 1 fully saturated rings. The van der Waals surface area contributed by atoms with Crippen LogP contribution in [0.15, 0.2) is 18.2 Å². The molecule has 1 aliphatic carbocycles. The quantitative estimate of drug-likeness (QED) is 0.676. The first-order valence-corrected chi connectivity index (χ1v) is 7.15. The number of benzene rings is 1. The molecule has 1 aromatic carbocycles. The Kier molecular flexibility index (Phi) is 4.70. The van der Waals surface area contributed by atoms with E-state index in [1.807, 2.05) is 0 Å². The maximum absolute atomic E-state index is 13.3. The Morgan fingerprint density at radius 1 is 1.40 bits per heavy atom. The Morgan fingerprint density at radius 2 is 2.15 bits per heavy atom. The normalized spacial score (nSPS) is 26.4. The fourth-order valence-corrected chi connectivity index (χ4v) is 2.98. The highest BCUT2D eigenvalue weighted by molar-refractivity contribution is 5.40. The Bertz CT molecular complexity index is 493. The number of nitro benzene ring substituents is 1. The molecule has 0 spiro atoms. The van der Waals surface area contributed by atoms with Crippen molar-refractivity contribution in [2.75, 3.05) is 0 Å². The van der Waals surface area contributed by atoms with Crippen LogP contribution in [0.4, 0.5) is 10.1 Å². The van der Waals surface area contributed by atoms with Gasteiger partial charge in [0.25, 0.3) is 5.69 Å².